The van der Waals surface area contributed by atoms with E-state index in [9.17, 15) is 9.59 Å². The zero-order chi connectivity index (χ0) is 14.2. The van der Waals surface area contributed by atoms with Crippen molar-refractivity contribution in [3.05, 3.63) is 35.9 Å². The average molecular weight is 272 g/mol. The van der Waals surface area contributed by atoms with Crippen LogP contribution in [0.2, 0.25) is 0 Å². The van der Waals surface area contributed by atoms with Gasteiger partial charge in [-0.15, -0.1) is 0 Å². The van der Waals surface area contributed by atoms with E-state index < -0.39 is 0 Å². The van der Waals surface area contributed by atoms with Gasteiger partial charge < -0.3 is 0 Å². The van der Waals surface area contributed by atoms with Crippen LogP contribution in [0.1, 0.15) is 25.3 Å². The van der Waals surface area contributed by atoms with E-state index in [4.69, 9.17) is 0 Å². The van der Waals surface area contributed by atoms with E-state index >= 15 is 0 Å². The molecule has 2 heterocycles. The van der Waals surface area contributed by atoms with Gasteiger partial charge >= 0.3 is 0 Å². The second-order valence-electron chi connectivity index (χ2n) is 6.12. The maximum Gasteiger partial charge on any atom is 0.230 e. The number of nitrogens with zero attached hydrogens (tertiary/aromatic N) is 1. The molecule has 0 aliphatic carbocycles. The van der Waals surface area contributed by atoms with Gasteiger partial charge in [0.25, 0.3) is 0 Å². The number of likely N-dealkylation sites (tertiary alicyclic amines) is 1. The van der Waals surface area contributed by atoms with Crippen molar-refractivity contribution in [3.63, 3.8) is 0 Å². The molecule has 0 radical (unpaired) electrons. The lowest BCUT2D eigenvalue weighted by atomic mass is 9.70. The zero-order valence-electron chi connectivity index (χ0n) is 11.8. The van der Waals surface area contributed by atoms with E-state index in [1.165, 1.54) is 5.56 Å². The van der Waals surface area contributed by atoms with Crippen LogP contribution in [0, 0.1) is 11.3 Å². The third-order valence-electron chi connectivity index (χ3n) is 4.80. The van der Waals surface area contributed by atoms with Gasteiger partial charge in [-0.3, -0.25) is 19.8 Å². The summed E-state index contributed by atoms with van der Waals surface area (Å²) in [5, 5.41) is 2.45. The number of piperidine rings is 1. The molecule has 2 aliphatic heterocycles. The normalized spacial score (nSPS) is 30.8. The van der Waals surface area contributed by atoms with Crippen LogP contribution in [0.15, 0.2) is 30.3 Å². The molecule has 1 aromatic carbocycles. The summed E-state index contributed by atoms with van der Waals surface area (Å²) in [6.07, 6.45) is 1.41. The SMILES string of the molecule is CC1C(=O)NC(=O)CC12CCN(Cc1ccccc1)C2. The molecule has 2 aliphatic rings. The molecule has 106 valence electrons. The summed E-state index contributed by atoms with van der Waals surface area (Å²) in [4.78, 5) is 25.9. The van der Waals surface area contributed by atoms with Crippen LogP contribution in [0.4, 0.5) is 0 Å². The number of rotatable bonds is 2. The van der Waals surface area contributed by atoms with E-state index in [0.29, 0.717) is 6.42 Å². The fourth-order valence-corrected chi connectivity index (χ4v) is 3.50. The number of hydrogen-bond acceptors (Lipinski definition) is 3. The molecule has 0 aromatic heterocycles. The maximum absolute atomic E-state index is 11.9. The summed E-state index contributed by atoms with van der Waals surface area (Å²) in [6, 6.07) is 10.3. The first-order valence-corrected chi connectivity index (χ1v) is 7.19. The first-order chi connectivity index (χ1) is 9.59. The number of hydrogen-bond donors (Lipinski definition) is 1. The van der Waals surface area contributed by atoms with Crippen molar-refractivity contribution in [1.29, 1.82) is 0 Å². The summed E-state index contributed by atoms with van der Waals surface area (Å²) in [6.45, 7) is 4.64. The van der Waals surface area contributed by atoms with Crippen molar-refractivity contribution in [2.75, 3.05) is 13.1 Å². The van der Waals surface area contributed by atoms with Gasteiger partial charge in [0.1, 0.15) is 0 Å². The minimum absolute atomic E-state index is 0.0824. The third-order valence-corrected chi connectivity index (χ3v) is 4.80. The third kappa shape index (κ3) is 2.36. The lowest BCUT2D eigenvalue weighted by molar-refractivity contribution is -0.142. The monoisotopic (exact) mass is 272 g/mol. The highest BCUT2D eigenvalue weighted by Crippen LogP contribution is 2.43. The highest BCUT2D eigenvalue weighted by atomic mass is 16.2. The van der Waals surface area contributed by atoms with E-state index in [0.717, 1.165) is 26.1 Å². The molecule has 0 bridgehead atoms. The Bertz CT molecular complexity index is 529. The molecule has 1 aromatic rings. The second kappa shape index (κ2) is 5.02. The van der Waals surface area contributed by atoms with Crippen LogP contribution in [0.5, 0.6) is 0 Å². The lowest BCUT2D eigenvalue weighted by Crippen LogP contribution is -2.52. The summed E-state index contributed by atoms with van der Waals surface area (Å²) in [5.41, 5.74) is 1.12. The van der Waals surface area contributed by atoms with Crippen LogP contribution in [0.3, 0.4) is 0 Å². The van der Waals surface area contributed by atoms with E-state index in [-0.39, 0.29) is 23.1 Å². The fraction of sp³-hybridized carbons (Fsp3) is 0.500. The Hall–Kier alpha value is -1.68. The van der Waals surface area contributed by atoms with Gasteiger partial charge in [-0.1, -0.05) is 37.3 Å². The Morgan fingerprint density at radius 1 is 1.30 bits per heavy atom. The van der Waals surface area contributed by atoms with Crippen LogP contribution in [0.25, 0.3) is 0 Å². The highest BCUT2D eigenvalue weighted by molar-refractivity contribution is 5.99. The average Bonchev–Trinajstić information content (AvgIpc) is 2.81. The fourth-order valence-electron chi connectivity index (χ4n) is 3.50. The molecule has 4 heteroatoms. The quantitative estimate of drug-likeness (QED) is 0.831. The number of nitrogens with one attached hydrogen (secondary N) is 1. The molecular formula is C16H20N2O2. The summed E-state index contributed by atoms with van der Waals surface area (Å²) in [5.74, 6) is -0.307. The zero-order valence-corrected chi connectivity index (χ0v) is 11.8. The van der Waals surface area contributed by atoms with Crippen molar-refractivity contribution in [3.8, 4) is 0 Å². The largest absolute Gasteiger partial charge is 0.298 e. The van der Waals surface area contributed by atoms with Crippen molar-refractivity contribution in [2.45, 2.75) is 26.3 Å². The van der Waals surface area contributed by atoms with Crippen molar-refractivity contribution >= 4 is 11.8 Å². The first kappa shape index (κ1) is 13.3. The topological polar surface area (TPSA) is 49.4 Å². The number of carbonyl (C=O) groups is 2. The standard InChI is InChI=1S/C16H20N2O2/c1-12-15(20)17-14(19)9-16(12)7-8-18(11-16)10-13-5-3-2-4-6-13/h2-6,12H,7-11H2,1H3,(H,17,19,20). The number of benzene rings is 1. The van der Waals surface area contributed by atoms with Gasteiger partial charge in [-0.05, 0) is 18.5 Å². The Morgan fingerprint density at radius 3 is 2.80 bits per heavy atom. The minimum atomic E-state index is -0.159. The van der Waals surface area contributed by atoms with Gasteiger partial charge in [0.2, 0.25) is 11.8 Å². The van der Waals surface area contributed by atoms with Crippen LogP contribution < -0.4 is 5.32 Å². The molecule has 2 atom stereocenters. The molecule has 1 spiro atoms. The number of imide groups is 1. The minimum Gasteiger partial charge on any atom is -0.298 e. The Kier molecular flexibility index (Phi) is 3.34. The molecular weight excluding hydrogens is 252 g/mol. The smallest absolute Gasteiger partial charge is 0.230 e. The van der Waals surface area contributed by atoms with Crippen LogP contribution >= 0.6 is 0 Å². The Balaban J connectivity index is 1.72. The van der Waals surface area contributed by atoms with Gasteiger partial charge in [-0.2, -0.15) is 0 Å². The molecule has 2 fully saturated rings. The van der Waals surface area contributed by atoms with Gasteiger partial charge in [-0.25, -0.2) is 0 Å². The number of carbonyl (C=O) groups excluding carboxylic acids is 2. The Morgan fingerprint density at radius 2 is 2.05 bits per heavy atom. The van der Waals surface area contributed by atoms with Crippen molar-refractivity contribution in [2.24, 2.45) is 11.3 Å². The van der Waals surface area contributed by atoms with Crippen molar-refractivity contribution < 1.29 is 9.59 Å². The maximum atomic E-state index is 11.9. The van der Waals surface area contributed by atoms with Gasteiger partial charge in [0.05, 0.1) is 0 Å². The second-order valence-corrected chi connectivity index (χ2v) is 6.12. The summed E-state index contributed by atoms with van der Waals surface area (Å²) < 4.78 is 0. The van der Waals surface area contributed by atoms with Gasteiger partial charge in [0.15, 0.2) is 0 Å². The highest BCUT2D eigenvalue weighted by Gasteiger charge is 2.49. The number of amides is 2. The molecule has 2 saturated heterocycles. The molecule has 3 rings (SSSR count). The molecule has 0 saturated carbocycles. The van der Waals surface area contributed by atoms with Crippen LogP contribution in [-0.4, -0.2) is 29.8 Å². The predicted molar refractivity (Wildman–Crippen MR) is 75.7 cm³/mol. The van der Waals surface area contributed by atoms with E-state index in [2.05, 4.69) is 22.3 Å². The molecule has 2 amide bonds. The molecule has 1 N–H and O–H groups in total. The summed E-state index contributed by atoms with van der Waals surface area (Å²) in [7, 11) is 0. The first-order valence-electron chi connectivity index (χ1n) is 7.19. The molecule has 4 nitrogen and oxygen atoms in total. The summed E-state index contributed by atoms with van der Waals surface area (Å²) >= 11 is 0. The van der Waals surface area contributed by atoms with Crippen LogP contribution in [-0.2, 0) is 16.1 Å². The van der Waals surface area contributed by atoms with E-state index in [1.54, 1.807) is 0 Å². The van der Waals surface area contributed by atoms with Gasteiger partial charge in [0, 0.05) is 30.8 Å². The lowest BCUT2D eigenvalue weighted by Gasteiger charge is -2.37. The predicted octanol–water partition coefficient (Wildman–Crippen LogP) is 1.56. The molecule has 20 heavy (non-hydrogen) atoms. The molecule has 2 unspecified atom stereocenters. The van der Waals surface area contributed by atoms with Crippen molar-refractivity contribution in [1.82, 2.24) is 10.2 Å². The van der Waals surface area contributed by atoms with E-state index in [1.807, 2.05) is 25.1 Å². The Labute approximate surface area is 119 Å².